The van der Waals surface area contributed by atoms with Gasteiger partial charge in [-0.3, -0.25) is 10.2 Å². The first-order valence-electron chi connectivity index (χ1n) is 4.33. The Labute approximate surface area is 92.3 Å². The summed E-state index contributed by atoms with van der Waals surface area (Å²) in [4.78, 5) is 11.4. The molecule has 0 aliphatic rings. The predicted octanol–water partition coefficient (Wildman–Crippen LogP) is 0.924. The first kappa shape index (κ1) is 11.6. The Morgan fingerprint density at radius 2 is 2.27 bits per heavy atom. The molecule has 1 amide bonds. The largest absolute Gasteiger partial charge is 0.493 e. The second-order valence-electron chi connectivity index (χ2n) is 2.78. The van der Waals surface area contributed by atoms with Crippen LogP contribution in [-0.2, 0) is 0 Å². The fraction of sp³-hybridized carbons (Fsp3) is 0.222. The Hall–Kier alpha value is -1.46. The van der Waals surface area contributed by atoms with E-state index < -0.39 is 5.91 Å². The van der Waals surface area contributed by atoms with Crippen LogP contribution in [0.4, 0.5) is 5.69 Å². The molecule has 1 aromatic rings. The molecule has 15 heavy (non-hydrogen) atoms. The van der Waals surface area contributed by atoms with E-state index in [9.17, 15) is 4.79 Å². The quantitative estimate of drug-likeness (QED) is 0.311. The average molecular weight is 230 g/mol. The molecule has 82 valence electrons. The predicted molar refractivity (Wildman–Crippen MR) is 58.7 cm³/mol. The molecule has 0 aliphatic carbocycles. The minimum absolute atomic E-state index is 0.263. The third kappa shape index (κ3) is 2.51. The summed E-state index contributed by atoms with van der Waals surface area (Å²) in [5.74, 6) is 4.92. The van der Waals surface area contributed by atoms with Gasteiger partial charge in [0.25, 0.3) is 5.91 Å². The van der Waals surface area contributed by atoms with Crippen molar-refractivity contribution in [3.05, 3.63) is 22.7 Å². The summed E-state index contributed by atoms with van der Waals surface area (Å²) in [6, 6.07) is 2.92. The second-order valence-corrected chi connectivity index (χ2v) is 3.18. The van der Waals surface area contributed by atoms with Crippen molar-refractivity contribution in [3.63, 3.8) is 0 Å². The SMILES string of the molecule is CCOc1cc(N)c(Cl)cc1C(=O)NN. The molecule has 5 nitrogen and oxygen atoms in total. The van der Waals surface area contributed by atoms with Crippen molar-refractivity contribution in [2.45, 2.75) is 6.92 Å². The summed E-state index contributed by atoms with van der Waals surface area (Å²) in [5, 5.41) is 0.289. The van der Waals surface area contributed by atoms with Crippen molar-refractivity contribution >= 4 is 23.2 Å². The third-order valence-electron chi connectivity index (χ3n) is 1.77. The molecular formula is C9H12ClN3O2. The molecule has 0 atom stereocenters. The van der Waals surface area contributed by atoms with E-state index in [0.717, 1.165) is 0 Å². The summed E-state index contributed by atoms with van der Waals surface area (Å²) in [7, 11) is 0. The van der Waals surface area contributed by atoms with Crippen LogP contribution in [0, 0.1) is 0 Å². The highest BCUT2D eigenvalue weighted by Gasteiger charge is 2.14. The Balaban J connectivity index is 3.21. The number of carbonyl (C=O) groups excluding carboxylic acids is 1. The van der Waals surface area contributed by atoms with Gasteiger partial charge in [-0.15, -0.1) is 0 Å². The lowest BCUT2D eigenvalue weighted by Gasteiger charge is -2.10. The number of nitrogen functional groups attached to an aromatic ring is 2. The molecule has 1 rings (SSSR count). The van der Waals surface area contributed by atoms with Gasteiger partial charge in [-0.05, 0) is 13.0 Å². The van der Waals surface area contributed by atoms with Gasteiger partial charge in [-0.1, -0.05) is 11.6 Å². The molecule has 6 heteroatoms. The van der Waals surface area contributed by atoms with Gasteiger partial charge in [-0.2, -0.15) is 0 Å². The van der Waals surface area contributed by atoms with E-state index in [-0.39, 0.29) is 10.6 Å². The topological polar surface area (TPSA) is 90.4 Å². The van der Waals surface area contributed by atoms with E-state index in [2.05, 4.69) is 0 Å². The van der Waals surface area contributed by atoms with Gasteiger partial charge in [0.05, 0.1) is 22.9 Å². The van der Waals surface area contributed by atoms with Gasteiger partial charge in [0.15, 0.2) is 0 Å². The number of hydrogen-bond acceptors (Lipinski definition) is 4. The fourth-order valence-electron chi connectivity index (χ4n) is 1.10. The van der Waals surface area contributed by atoms with Crippen molar-refractivity contribution in [2.75, 3.05) is 12.3 Å². The van der Waals surface area contributed by atoms with Crippen molar-refractivity contribution in [3.8, 4) is 5.75 Å². The summed E-state index contributed by atoms with van der Waals surface area (Å²) < 4.78 is 5.24. The molecule has 5 N–H and O–H groups in total. The Morgan fingerprint density at radius 1 is 1.60 bits per heavy atom. The second kappa shape index (κ2) is 4.86. The fourth-order valence-corrected chi connectivity index (χ4v) is 1.26. The zero-order valence-corrected chi connectivity index (χ0v) is 8.97. The molecule has 0 fully saturated rings. The van der Waals surface area contributed by atoms with Crippen LogP contribution >= 0.6 is 11.6 Å². The molecular weight excluding hydrogens is 218 g/mol. The first-order valence-corrected chi connectivity index (χ1v) is 4.70. The third-order valence-corrected chi connectivity index (χ3v) is 2.10. The van der Waals surface area contributed by atoms with E-state index in [4.69, 9.17) is 27.9 Å². The number of amides is 1. The number of rotatable bonds is 3. The highest BCUT2D eigenvalue weighted by Crippen LogP contribution is 2.28. The van der Waals surface area contributed by atoms with Crippen LogP contribution in [0.1, 0.15) is 17.3 Å². The molecule has 0 radical (unpaired) electrons. The number of benzene rings is 1. The summed E-state index contributed by atoms with van der Waals surface area (Å²) in [5.41, 5.74) is 8.21. The number of hydrazine groups is 1. The van der Waals surface area contributed by atoms with Crippen molar-refractivity contribution < 1.29 is 9.53 Å². The highest BCUT2D eigenvalue weighted by atomic mass is 35.5. The number of carbonyl (C=O) groups is 1. The monoisotopic (exact) mass is 229 g/mol. The van der Waals surface area contributed by atoms with Crippen LogP contribution in [0.15, 0.2) is 12.1 Å². The van der Waals surface area contributed by atoms with E-state index >= 15 is 0 Å². The van der Waals surface area contributed by atoms with E-state index in [1.54, 1.807) is 6.92 Å². The highest BCUT2D eigenvalue weighted by molar-refractivity contribution is 6.33. The lowest BCUT2D eigenvalue weighted by Crippen LogP contribution is -2.30. The minimum Gasteiger partial charge on any atom is -0.493 e. The van der Waals surface area contributed by atoms with Gasteiger partial charge >= 0.3 is 0 Å². The standard InChI is InChI=1S/C9H12ClN3O2/c1-2-15-8-4-7(11)6(10)3-5(8)9(14)13-12/h3-4H,2,11-12H2,1H3,(H,13,14). The Bertz CT molecular complexity index is 382. The van der Waals surface area contributed by atoms with Crippen LogP contribution in [0.3, 0.4) is 0 Å². The van der Waals surface area contributed by atoms with Crippen LogP contribution in [0.5, 0.6) is 5.75 Å². The van der Waals surface area contributed by atoms with Gasteiger partial charge in [-0.25, -0.2) is 5.84 Å². The molecule has 0 saturated carbocycles. The Morgan fingerprint density at radius 3 is 2.80 bits per heavy atom. The molecule has 0 aliphatic heterocycles. The number of ether oxygens (including phenoxy) is 1. The number of anilines is 1. The smallest absolute Gasteiger partial charge is 0.268 e. The van der Waals surface area contributed by atoms with Crippen LogP contribution in [-0.4, -0.2) is 12.5 Å². The number of nitrogens with two attached hydrogens (primary N) is 2. The normalized spacial score (nSPS) is 9.80. The van der Waals surface area contributed by atoms with E-state index in [0.29, 0.717) is 18.0 Å². The number of halogens is 1. The maximum Gasteiger partial charge on any atom is 0.268 e. The van der Waals surface area contributed by atoms with Gasteiger partial charge in [0.2, 0.25) is 0 Å². The van der Waals surface area contributed by atoms with Crippen LogP contribution in [0.2, 0.25) is 5.02 Å². The zero-order valence-electron chi connectivity index (χ0n) is 8.21. The lowest BCUT2D eigenvalue weighted by atomic mass is 10.1. The van der Waals surface area contributed by atoms with Gasteiger partial charge in [0.1, 0.15) is 5.75 Å². The van der Waals surface area contributed by atoms with Crippen LogP contribution in [0.25, 0.3) is 0 Å². The molecule has 0 spiro atoms. The van der Waals surface area contributed by atoms with Crippen molar-refractivity contribution in [1.82, 2.24) is 5.43 Å². The molecule has 0 saturated heterocycles. The van der Waals surface area contributed by atoms with Gasteiger partial charge < -0.3 is 10.5 Å². The summed E-state index contributed by atoms with van der Waals surface area (Å²) >= 11 is 5.79. The molecule has 0 aromatic heterocycles. The maximum absolute atomic E-state index is 11.4. The van der Waals surface area contributed by atoms with Crippen molar-refractivity contribution in [2.24, 2.45) is 5.84 Å². The first-order chi connectivity index (χ1) is 7.10. The number of hydrogen-bond donors (Lipinski definition) is 3. The molecule has 0 heterocycles. The zero-order chi connectivity index (χ0) is 11.4. The average Bonchev–Trinajstić information content (AvgIpc) is 2.22. The van der Waals surface area contributed by atoms with E-state index in [1.165, 1.54) is 12.1 Å². The van der Waals surface area contributed by atoms with Crippen molar-refractivity contribution in [1.29, 1.82) is 0 Å². The van der Waals surface area contributed by atoms with Gasteiger partial charge in [0, 0.05) is 6.07 Å². The molecule has 1 aromatic carbocycles. The lowest BCUT2D eigenvalue weighted by molar-refractivity contribution is 0.0950. The summed E-state index contributed by atoms with van der Waals surface area (Å²) in [6.07, 6.45) is 0. The number of nitrogens with one attached hydrogen (secondary N) is 1. The molecule has 0 unspecified atom stereocenters. The molecule has 0 bridgehead atoms. The van der Waals surface area contributed by atoms with E-state index in [1.807, 2.05) is 5.43 Å². The van der Waals surface area contributed by atoms with Crippen LogP contribution < -0.4 is 21.7 Å². The minimum atomic E-state index is -0.472. The maximum atomic E-state index is 11.4. The Kier molecular flexibility index (Phi) is 3.76. The summed E-state index contributed by atoms with van der Waals surface area (Å²) in [6.45, 7) is 2.22.